The van der Waals surface area contributed by atoms with Crippen molar-refractivity contribution in [2.45, 2.75) is 141 Å². The summed E-state index contributed by atoms with van der Waals surface area (Å²) >= 11 is 0. The molecule has 0 aromatic rings. The number of hydrogen-bond donors (Lipinski definition) is 3. The minimum Gasteiger partial charge on any atom is -0.391 e. The van der Waals surface area contributed by atoms with Crippen LogP contribution in [0.1, 0.15) is 135 Å². The Morgan fingerprint density at radius 2 is 0.914 bits per heavy atom. The lowest BCUT2D eigenvalue weighted by atomic mass is 10.0. The van der Waals surface area contributed by atoms with Gasteiger partial charge in [-0.15, -0.1) is 0 Å². The molecule has 212 valence electrons. The molecule has 0 spiro atoms. The SMILES string of the molecule is CCCCCCCCCCCCCCCCCCCCCCOCC(O)C[N+](C)(CCO)CCO. The monoisotopic (exact) mass is 502 g/mol. The van der Waals surface area contributed by atoms with Crippen molar-refractivity contribution in [1.29, 1.82) is 0 Å². The summed E-state index contributed by atoms with van der Waals surface area (Å²) in [5, 5.41) is 28.6. The molecule has 0 aliphatic carbocycles. The van der Waals surface area contributed by atoms with Gasteiger partial charge in [0.25, 0.3) is 0 Å². The van der Waals surface area contributed by atoms with Gasteiger partial charge in [-0.25, -0.2) is 0 Å². The molecule has 0 aliphatic rings. The van der Waals surface area contributed by atoms with E-state index in [4.69, 9.17) is 4.74 Å². The van der Waals surface area contributed by atoms with E-state index in [1.807, 2.05) is 7.05 Å². The Morgan fingerprint density at radius 1 is 0.571 bits per heavy atom. The van der Waals surface area contributed by atoms with Crippen molar-refractivity contribution in [3.63, 3.8) is 0 Å². The first-order valence-corrected chi connectivity index (χ1v) is 15.4. The normalized spacial score (nSPS) is 12.9. The van der Waals surface area contributed by atoms with Crippen molar-refractivity contribution in [2.75, 3.05) is 53.1 Å². The van der Waals surface area contributed by atoms with Gasteiger partial charge < -0.3 is 24.5 Å². The Labute approximate surface area is 219 Å². The van der Waals surface area contributed by atoms with E-state index in [-0.39, 0.29) is 13.2 Å². The highest BCUT2D eigenvalue weighted by Crippen LogP contribution is 2.15. The van der Waals surface area contributed by atoms with Gasteiger partial charge in [0.15, 0.2) is 0 Å². The van der Waals surface area contributed by atoms with Crippen molar-refractivity contribution in [3.8, 4) is 0 Å². The van der Waals surface area contributed by atoms with Crippen LogP contribution in [0.4, 0.5) is 0 Å². The zero-order valence-electron chi connectivity index (χ0n) is 23.9. The van der Waals surface area contributed by atoms with E-state index in [1.54, 1.807) is 0 Å². The lowest BCUT2D eigenvalue weighted by Crippen LogP contribution is -2.52. The Hall–Kier alpha value is -0.200. The van der Waals surface area contributed by atoms with Crippen molar-refractivity contribution in [1.82, 2.24) is 0 Å². The van der Waals surface area contributed by atoms with E-state index < -0.39 is 6.10 Å². The molecule has 0 radical (unpaired) electrons. The van der Waals surface area contributed by atoms with Crippen molar-refractivity contribution in [3.05, 3.63) is 0 Å². The minimum atomic E-state index is -0.553. The highest BCUT2D eigenvalue weighted by Gasteiger charge is 2.24. The summed E-state index contributed by atoms with van der Waals surface area (Å²) in [6, 6.07) is 0. The predicted molar refractivity (Wildman–Crippen MR) is 150 cm³/mol. The first kappa shape index (κ1) is 34.8. The quantitative estimate of drug-likeness (QED) is 0.0794. The molecule has 0 rings (SSSR count). The molecule has 0 fully saturated rings. The maximum absolute atomic E-state index is 10.2. The number of rotatable bonds is 29. The van der Waals surface area contributed by atoms with Gasteiger partial charge in [0.2, 0.25) is 0 Å². The second-order valence-corrected chi connectivity index (χ2v) is 11.1. The molecule has 0 saturated carbocycles. The van der Waals surface area contributed by atoms with Gasteiger partial charge >= 0.3 is 0 Å². The number of ether oxygens (including phenoxy) is 1. The molecule has 1 atom stereocenters. The van der Waals surface area contributed by atoms with Crippen LogP contribution in [0.5, 0.6) is 0 Å². The summed E-state index contributed by atoms with van der Waals surface area (Å²) in [4.78, 5) is 0. The van der Waals surface area contributed by atoms with E-state index in [1.165, 1.54) is 122 Å². The molecule has 0 aromatic heterocycles. The standard InChI is InChI=1S/C30H64NO4/c1-3-4-5-6-7-8-9-10-11-12-13-14-15-16-17-18-19-20-21-22-27-35-29-30(34)28-31(2,23-25-32)24-26-33/h30,32-34H,3-29H2,1-2H3/q+1. The predicted octanol–water partition coefficient (Wildman–Crippen LogP) is 6.62. The molecule has 5 nitrogen and oxygen atoms in total. The zero-order chi connectivity index (χ0) is 25.9. The fraction of sp³-hybridized carbons (Fsp3) is 1.00. The Balaban J connectivity index is 3.28. The van der Waals surface area contributed by atoms with Crippen LogP contribution in [-0.4, -0.2) is 79.0 Å². The van der Waals surface area contributed by atoms with Gasteiger partial charge in [-0.2, -0.15) is 0 Å². The third kappa shape index (κ3) is 25.2. The highest BCUT2D eigenvalue weighted by atomic mass is 16.5. The molecule has 0 bridgehead atoms. The number of aliphatic hydroxyl groups is 3. The second-order valence-electron chi connectivity index (χ2n) is 11.1. The minimum absolute atomic E-state index is 0.0590. The Kier molecular flexibility index (Phi) is 26.7. The van der Waals surface area contributed by atoms with Crippen molar-refractivity contribution < 1.29 is 24.5 Å². The molecule has 0 heterocycles. The van der Waals surface area contributed by atoms with E-state index >= 15 is 0 Å². The Morgan fingerprint density at radius 3 is 1.26 bits per heavy atom. The first-order valence-electron chi connectivity index (χ1n) is 15.4. The number of hydrogen-bond acceptors (Lipinski definition) is 4. The molecule has 5 heteroatoms. The van der Waals surface area contributed by atoms with Crippen LogP contribution in [-0.2, 0) is 4.74 Å². The summed E-state index contributed by atoms with van der Waals surface area (Å²) in [5.41, 5.74) is 0. The molecular formula is C30H64NO4+. The van der Waals surface area contributed by atoms with Gasteiger partial charge in [0.1, 0.15) is 25.7 Å². The molecule has 35 heavy (non-hydrogen) atoms. The van der Waals surface area contributed by atoms with Crippen LogP contribution >= 0.6 is 0 Å². The largest absolute Gasteiger partial charge is 0.391 e. The van der Waals surface area contributed by atoms with E-state index in [9.17, 15) is 15.3 Å². The summed E-state index contributed by atoms with van der Waals surface area (Å²) in [6.07, 6.45) is 27.1. The number of likely N-dealkylation sites (N-methyl/N-ethyl adjacent to an activating group) is 1. The molecule has 1 unspecified atom stereocenters. The molecule has 0 aliphatic heterocycles. The van der Waals surface area contributed by atoms with E-state index in [0.29, 0.717) is 37.3 Å². The van der Waals surface area contributed by atoms with Gasteiger partial charge in [0.05, 0.1) is 26.9 Å². The van der Waals surface area contributed by atoms with Crippen LogP contribution in [0.25, 0.3) is 0 Å². The topological polar surface area (TPSA) is 69.9 Å². The van der Waals surface area contributed by atoms with Crippen LogP contribution < -0.4 is 0 Å². The van der Waals surface area contributed by atoms with Gasteiger partial charge in [-0.05, 0) is 6.42 Å². The lowest BCUT2D eigenvalue weighted by molar-refractivity contribution is -0.913. The van der Waals surface area contributed by atoms with Gasteiger partial charge in [0, 0.05) is 6.61 Å². The molecular weight excluding hydrogens is 438 g/mol. The van der Waals surface area contributed by atoms with Crippen LogP contribution in [0.2, 0.25) is 0 Å². The van der Waals surface area contributed by atoms with Gasteiger partial charge in [-0.3, -0.25) is 0 Å². The van der Waals surface area contributed by atoms with Gasteiger partial charge in [-0.1, -0.05) is 129 Å². The smallest absolute Gasteiger partial charge is 0.126 e. The van der Waals surface area contributed by atoms with Crippen LogP contribution in [0.15, 0.2) is 0 Å². The Bertz CT molecular complexity index is 402. The summed E-state index contributed by atoms with van der Waals surface area (Å²) in [7, 11) is 1.95. The zero-order valence-corrected chi connectivity index (χ0v) is 23.9. The fourth-order valence-electron chi connectivity index (χ4n) is 5.02. The number of aliphatic hydroxyl groups excluding tert-OH is 3. The van der Waals surface area contributed by atoms with Crippen molar-refractivity contribution >= 4 is 0 Å². The lowest BCUT2D eigenvalue weighted by Gasteiger charge is -2.35. The maximum Gasteiger partial charge on any atom is 0.126 e. The summed E-state index contributed by atoms with van der Waals surface area (Å²) in [6.45, 7) is 5.03. The van der Waals surface area contributed by atoms with E-state index in [0.717, 1.165) is 6.42 Å². The summed E-state index contributed by atoms with van der Waals surface area (Å²) < 4.78 is 6.12. The number of quaternary nitrogens is 1. The molecule has 3 N–H and O–H groups in total. The average Bonchev–Trinajstić information content (AvgIpc) is 2.82. The number of nitrogens with zero attached hydrogens (tertiary/aromatic N) is 1. The maximum atomic E-state index is 10.2. The molecule has 0 saturated heterocycles. The van der Waals surface area contributed by atoms with Crippen LogP contribution in [0, 0.1) is 0 Å². The fourth-order valence-corrected chi connectivity index (χ4v) is 5.02. The third-order valence-electron chi connectivity index (χ3n) is 7.38. The second kappa shape index (κ2) is 26.9. The average molecular weight is 503 g/mol. The van der Waals surface area contributed by atoms with E-state index in [2.05, 4.69) is 6.92 Å². The molecule has 0 amide bonds. The third-order valence-corrected chi connectivity index (χ3v) is 7.38. The first-order chi connectivity index (χ1) is 17.1. The molecule has 0 aromatic carbocycles. The highest BCUT2D eigenvalue weighted by molar-refractivity contribution is 4.55. The summed E-state index contributed by atoms with van der Waals surface area (Å²) in [5.74, 6) is 0. The number of unbranched alkanes of at least 4 members (excludes halogenated alkanes) is 19. The van der Waals surface area contributed by atoms with Crippen molar-refractivity contribution in [2.24, 2.45) is 0 Å². The van der Waals surface area contributed by atoms with Crippen LogP contribution in [0.3, 0.4) is 0 Å².